The Morgan fingerprint density at radius 1 is 1.29 bits per heavy atom. The van der Waals surface area contributed by atoms with E-state index in [1.807, 2.05) is 25.1 Å². The Morgan fingerprint density at radius 3 is 2.75 bits per heavy atom. The van der Waals surface area contributed by atoms with Gasteiger partial charge >= 0.3 is 6.03 Å². The molecule has 0 spiro atoms. The van der Waals surface area contributed by atoms with Crippen LogP contribution in [0, 0.1) is 6.92 Å². The Kier molecular flexibility index (Phi) is 6.72. The number of thiophene rings is 1. The number of anilines is 1. The van der Waals surface area contributed by atoms with Crippen molar-refractivity contribution in [2.24, 2.45) is 0 Å². The predicted molar refractivity (Wildman–Crippen MR) is 111 cm³/mol. The van der Waals surface area contributed by atoms with Gasteiger partial charge in [-0.25, -0.2) is 9.48 Å². The van der Waals surface area contributed by atoms with Crippen LogP contribution in [0.2, 0.25) is 0 Å². The highest BCUT2D eigenvalue weighted by atomic mass is 32.1. The maximum Gasteiger partial charge on any atom is 0.319 e. The van der Waals surface area contributed by atoms with Crippen molar-refractivity contribution in [2.45, 2.75) is 26.8 Å². The van der Waals surface area contributed by atoms with E-state index in [9.17, 15) is 4.79 Å². The number of hydrogen-bond donors (Lipinski definition) is 2. The number of aromatic nitrogens is 4. The molecule has 0 bridgehead atoms. The largest absolute Gasteiger partial charge is 0.336 e. The second-order valence-electron chi connectivity index (χ2n) is 6.38. The molecule has 0 saturated carbocycles. The van der Waals surface area contributed by atoms with Crippen LogP contribution in [0.5, 0.6) is 0 Å². The lowest BCUT2D eigenvalue weighted by molar-refractivity contribution is 0.210. The van der Waals surface area contributed by atoms with Gasteiger partial charge in [0, 0.05) is 12.2 Å². The average Bonchev–Trinajstić information content (AvgIpc) is 3.41. The minimum absolute atomic E-state index is 0.153. The normalized spacial score (nSPS) is 12.1. The Balaban J connectivity index is 1.67. The molecule has 2 aromatic heterocycles. The highest BCUT2D eigenvalue weighted by Crippen LogP contribution is 2.23. The second-order valence-corrected chi connectivity index (χ2v) is 7.16. The number of amides is 2. The van der Waals surface area contributed by atoms with Crippen molar-refractivity contribution in [2.75, 3.05) is 25.0 Å². The SMILES string of the molecule is CCN(CC)C(CNC(=O)Nc1cc(-n2cnnn2)ccc1C)c1ccsc1. The van der Waals surface area contributed by atoms with Gasteiger partial charge in [-0.15, -0.1) is 5.10 Å². The van der Waals surface area contributed by atoms with Gasteiger partial charge < -0.3 is 10.6 Å². The van der Waals surface area contributed by atoms with Crippen molar-refractivity contribution < 1.29 is 4.79 Å². The van der Waals surface area contributed by atoms with Crippen LogP contribution in [0.4, 0.5) is 10.5 Å². The van der Waals surface area contributed by atoms with Crippen LogP contribution in [-0.4, -0.2) is 50.8 Å². The third-order valence-electron chi connectivity index (χ3n) is 4.72. The summed E-state index contributed by atoms with van der Waals surface area (Å²) in [6.07, 6.45) is 1.52. The number of urea groups is 1. The first-order valence-electron chi connectivity index (χ1n) is 9.27. The molecule has 1 atom stereocenters. The third-order valence-corrected chi connectivity index (χ3v) is 5.42. The van der Waals surface area contributed by atoms with E-state index >= 15 is 0 Å². The van der Waals surface area contributed by atoms with Crippen LogP contribution in [0.1, 0.15) is 31.0 Å². The molecular formula is C19H25N7OS. The van der Waals surface area contributed by atoms with Gasteiger partial charge in [-0.3, -0.25) is 4.90 Å². The van der Waals surface area contributed by atoms with Crippen molar-refractivity contribution in [3.8, 4) is 5.69 Å². The van der Waals surface area contributed by atoms with Crippen LogP contribution in [0.3, 0.4) is 0 Å². The van der Waals surface area contributed by atoms with Crippen molar-refractivity contribution in [1.82, 2.24) is 30.4 Å². The number of benzene rings is 1. The molecule has 0 aliphatic heterocycles. The van der Waals surface area contributed by atoms with Crippen LogP contribution in [0.15, 0.2) is 41.4 Å². The molecule has 3 rings (SSSR count). The summed E-state index contributed by atoms with van der Waals surface area (Å²) in [6, 6.07) is 7.72. The highest BCUT2D eigenvalue weighted by Gasteiger charge is 2.19. The van der Waals surface area contributed by atoms with Gasteiger partial charge in [0.25, 0.3) is 0 Å². The topological polar surface area (TPSA) is 88.0 Å². The molecule has 148 valence electrons. The zero-order valence-electron chi connectivity index (χ0n) is 16.3. The van der Waals surface area contributed by atoms with Gasteiger partial charge in [-0.2, -0.15) is 11.3 Å². The summed E-state index contributed by atoms with van der Waals surface area (Å²) >= 11 is 1.67. The van der Waals surface area contributed by atoms with Gasteiger partial charge in [0.1, 0.15) is 6.33 Å². The zero-order chi connectivity index (χ0) is 19.9. The van der Waals surface area contributed by atoms with E-state index < -0.39 is 0 Å². The van der Waals surface area contributed by atoms with Crippen LogP contribution in [0.25, 0.3) is 5.69 Å². The Bertz CT molecular complexity index is 876. The average molecular weight is 400 g/mol. The number of carbonyl (C=O) groups excluding carboxylic acids is 1. The number of hydrogen-bond acceptors (Lipinski definition) is 6. The third kappa shape index (κ3) is 4.73. The minimum atomic E-state index is -0.232. The fourth-order valence-corrected chi connectivity index (χ4v) is 3.82. The summed E-state index contributed by atoms with van der Waals surface area (Å²) in [5.41, 5.74) is 3.70. The van der Waals surface area contributed by atoms with E-state index in [4.69, 9.17) is 0 Å². The van der Waals surface area contributed by atoms with Crippen LogP contribution >= 0.6 is 11.3 Å². The second kappa shape index (κ2) is 9.43. The summed E-state index contributed by atoms with van der Waals surface area (Å²) in [7, 11) is 0. The van der Waals surface area contributed by atoms with E-state index in [1.165, 1.54) is 11.9 Å². The molecule has 2 amide bonds. The maximum absolute atomic E-state index is 12.6. The molecule has 0 saturated heterocycles. The van der Waals surface area contributed by atoms with Crippen molar-refractivity contribution in [3.63, 3.8) is 0 Å². The fourth-order valence-electron chi connectivity index (χ4n) is 3.11. The minimum Gasteiger partial charge on any atom is -0.336 e. The number of likely N-dealkylation sites (N-methyl/N-ethyl adjacent to an activating group) is 1. The van der Waals surface area contributed by atoms with E-state index in [-0.39, 0.29) is 12.1 Å². The van der Waals surface area contributed by atoms with E-state index in [0.29, 0.717) is 6.54 Å². The van der Waals surface area contributed by atoms with Crippen molar-refractivity contribution >= 4 is 23.1 Å². The lowest BCUT2D eigenvalue weighted by atomic mass is 10.1. The number of carbonyl (C=O) groups is 1. The summed E-state index contributed by atoms with van der Waals surface area (Å²) in [5.74, 6) is 0. The highest BCUT2D eigenvalue weighted by molar-refractivity contribution is 7.07. The quantitative estimate of drug-likeness (QED) is 0.607. The number of aryl methyl sites for hydroxylation is 1. The molecule has 1 unspecified atom stereocenters. The van der Waals surface area contributed by atoms with Crippen LogP contribution < -0.4 is 10.6 Å². The first-order chi connectivity index (χ1) is 13.6. The number of rotatable bonds is 8. The molecule has 28 heavy (non-hydrogen) atoms. The summed E-state index contributed by atoms with van der Waals surface area (Å²) in [5, 5.41) is 21.3. The lowest BCUT2D eigenvalue weighted by Gasteiger charge is -2.29. The monoisotopic (exact) mass is 399 g/mol. The number of tetrazole rings is 1. The Morgan fingerprint density at radius 2 is 2.11 bits per heavy atom. The molecule has 0 aliphatic carbocycles. The standard InChI is InChI=1S/C19H25N7OS/c1-4-25(5-2)18(15-8-9-28-12-15)11-20-19(27)22-17-10-16(7-6-14(17)3)26-13-21-23-24-26/h6-10,12-13,18H,4-5,11H2,1-3H3,(H2,20,22,27). The molecule has 1 aromatic carbocycles. The van der Waals surface area contributed by atoms with Gasteiger partial charge in [0.05, 0.1) is 11.7 Å². The van der Waals surface area contributed by atoms with E-state index in [2.05, 4.69) is 61.7 Å². The fraction of sp³-hybridized carbons (Fsp3) is 0.368. The Labute approximate surface area is 168 Å². The smallest absolute Gasteiger partial charge is 0.319 e. The molecule has 9 heteroatoms. The van der Waals surface area contributed by atoms with E-state index in [1.54, 1.807) is 16.0 Å². The molecular weight excluding hydrogens is 374 g/mol. The van der Waals surface area contributed by atoms with Crippen molar-refractivity contribution in [3.05, 3.63) is 52.5 Å². The van der Waals surface area contributed by atoms with Gasteiger partial charge in [-0.1, -0.05) is 19.9 Å². The van der Waals surface area contributed by atoms with Gasteiger partial charge in [0.15, 0.2) is 0 Å². The number of nitrogens with zero attached hydrogens (tertiary/aromatic N) is 5. The molecule has 0 radical (unpaired) electrons. The van der Waals surface area contributed by atoms with Gasteiger partial charge in [0.2, 0.25) is 0 Å². The van der Waals surface area contributed by atoms with E-state index in [0.717, 1.165) is 30.0 Å². The summed E-state index contributed by atoms with van der Waals surface area (Å²) in [6.45, 7) is 8.60. The summed E-state index contributed by atoms with van der Waals surface area (Å²) in [4.78, 5) is 14.9. The maximum atomic E-state index is 12.6. The summed E-state index contributed by atoms with van der Waals surface area (Å²) < 4.78 is 1.55. The first-order valence-corrected chi connectivity index (χ1v) is 10.2. The van der Waals surface area contributed by atoms with Crippen LogP contribution in [-0.2, 0) is 0 Å². The number of nitrogens with one attached hydrogen (secondary N) is 2. The van der Waals surface area contributed by atoms with Gasteiger partial charge in [-0.05, 0) is 70.5 Å². The first kappa shape index (κ1) is 20.0. The van der Waals surface area contributed by atoms with Crippen molar-refractivity contribution in [1.29, 1.82) is 0 Å². The predicted octanol–water partition coefficient (Wildman–Crippen LogP) is 3.24. The molecule has 2 N–H and O–H groups in total. The Hall–Kier alpha value is -2.78. The molecule has 3 aromatic rings. The molecule has 0 aliphatic rings. The molecule has 2 heterocycles. The zero-order valence-corrected chi connectivity index (χ0v) is 17.1. The lowest BCUT2D eigenvalue weighted by Crippen LogP contribution is -2.39. The molecule has 8 nitrogen and oxygen atoms in total. The molecule has 0 fully saturated rings.